The summed E-state index contributed by atoms with van der Waals surface area (Å²) in [6.07, 6.45) is 4.67. The van der Waals surface area contributed by atoms with Gasteiger partial charge in [-0.05, 0) is 48.2 Å². The van der Waals surface area contributed by atoms with Crippen molar-refractivity contribution in [3.63, 3.8) is 0 Å². The summed E-state index contributed by atoms with van der Waals surface area (Å²) in [6, 6.07) is 0.212. The Kier molecular flexibility index (Phi) is 4.81. The molecular formula is C13H22BrN3O. The van der Waals surface area contributed by atoms with E-state index in [1.807, 2.05) is 17.9 Å². The van der Waals surface area contributed by atoms with Crippen LogP contribution in [0.4, 0.5) is 0 Å². The molecule has 1 aromatic rings. The lowest BCUT2D eigenvalue weighted by atomic mass is 10.0. The first-order valence-electron chi connectivity index (χ1n) is 6.71. The molecule has 2 rings (SSSR count). The first-order chi connectivity index (χ1) is 8.69. The van der Waals surface area contributed by atoms with Crippen LogP contribution in [0.3, 0.4) is 0 Å². The Morgan fingerprint density at radius 2 is 2.28 bits per heavy atom. The van der Waals surface area contributed by atoms with Crippen LogP contribution in [0.1, 0.15) is 38.4 Å². The number of aryl methyl sites for hydroxylation is 1. The number of rotatable bonds is 7. The summed E-state index contributed by atoms with van der Waals surface area (Å²) in [5.74, 6) is 0.691. The molecule has 0 aliphatic heterocycles. The molecule has 1 aliphatic carbocycles. The van der Waals surface area contributed by atoms with Gasteiger partial charge in [0.25, 0.3) is 0 Å². The van der Waals surface area contributed by atoms with Crippen molar-refractivity contribution in [1.29, 1.82) is 0 Å². The number of hydrogen-bond donors (Lipinski definition) is 1. The van der Waals surface area contributed by atoms with Gasteiger partial charge in [0.15, 0.2) is 0 Å². The number of hydrogen-bond acceptors (Lipinski definition) is 3. The summed E-state index contributed by atoms with van der Waals surface area (Å²) in [4.78, 5) is 0. The molecule has 0 bridgehead atoms. The highest BCUT2D eigenvalue weighted by Crippen LogP contribution is 2.41. The van der Waals surface area contributed by atoms with Crippen molar-refractivity contribution in [3.05, 3.63) is 16.4 Å². The molecule has 1 saturated carbocycles. The van der Waals surface area contributed by atoms with E-state index in [-0.39, 0.29) is 12.1 Å². The van der Waals surface area contributed by atoms with Gasteiger partial charge in [0.05, 0.1) is 28.5 Å². The number of nitrogens with zero attached hydrogens (tertiary/aromatic N) is 2. The lowest BCUT2D eigenvalue weighted by Crippen LogP contribution is -2.37. The Morgan fingerprint density at radius 3 is 2.72 bits per heavy atom. The summed E-state index contributed by atoms with van der Waals surface area (Å²) < 4.78 is 8.98. The van der Waals surface area contributed by atoms with Crippen molar-refractivity contribution in [2.24, 2.45) is 13.0 Å². The quantitative estimate of drug-likeness (QED) is 0.840. The van der Waals surface area contributed by atoms with E-state index in [4.69, 9.17) is 4.74 Å². The lowest BCUT2D eigenvalue weighted by Gasteiger charge is -2.28. The molecule has 1 N–H and O–H groups in total. The molecule has 5 heteroatoms. The lowest BCUT2D eigenvalue weighted by molar-refractivity contribution is 0.0168. The average molecular weight is 316 g/mol. The van der Waals surface area contributed by atoms with Crippen molar-refractivity contribution in [2.75, 3.05) is 13.2 Å². The van der Waals surface area contributed by atoms with Gasteiger partial charge in [-0.15, -0.1) is 0 Å². The number of aromatic nitrogens is 2. The minimum absolute atomic E-state index is 0.212. The van der Waals surface area contributed by atoms with Crippen LogP contribution in [0.15, 0.2) is 10.7 Å². The van der Waals surface area contributed by atoms with Crippen molar-refractivity contribution in [3.8, 4) is 0 Å². The third-order valence-corrected chi connectivity index (χ3v) is 4.04. The molecule has 0 amide bonds. The molecule has 2 atom stereocenters. The van der Waals surface area contributed by atoms with E-state index in [1.165, 1.54) is 18.5 Å². The standard InChI is InChI=1S/C13H22BrN3O/c1-4-15-11(12-10(14)8-16-17(12)3)13(18-5-2)9-6-7-9/h8-9,11,13,15H,4-7H2,1-3H3. The van der Waals surface area contributed by atoms with E-state index in [0.717, 1.165) is 17.6 Å². The van der Waals surface area contributed by atoms with Crippen LogP contribution in [0.5, 0.6) is 0 Å². The molecule has 18 heavy (non-hydrogen) atoms. The highest BCUT2D eigenvalue weighted by Gasteiger charge is 2.39. The van der Waals surface area contributed by atoms with E-state index in [9.17, 15) is 0 Å². The molecule has 0 spiro atoms. The van der Waals surface area contributed by atoms with Crippen LogP contribution >= 0.6 is 15.9 Å². The van der Waals surface area contributed by atoms with E-state index < -0.39 is 0 Å². The van der Waals surface area contributed by atoms with Crippen molar-refractivity contribution in [1.82, 2.24) is 15.1 Å². The van der Waals surface area contributed by atoms with Crippen LogP contribution in [0.2, 0.25) is 0 Å². The first-order valence-corrected chi connectivity index (χ1v) is 7.50. The third kappa shape index (κ3) is 2.95. The highest BCUT2D eigenvalue weighted by atomic mass is 79.9. The van der Waals surface area contributed by atoms with Crippen molar-refractivity contribution >= 4 is 15.9 Å². The Morgan fingerprint density at radius 1 is 1.56 bits per heavy atom. The normalized spacial score (nSPS) is 18.9. The van der Waals surface area contributed by atoms with Gasteiger partial charge in [-0.2, -0.15) is 5.10 Å². The van der Waals surface area contributed by atoms with Gasteiger partial charge in [0.2, 0.25) is 0 Å². The van der Waals surface area contributed by atoms with Gasteiger partial charge in [0.1, 0.15) is 0 Å². The molecule has 1 heterocycles. The third-order valence-electron chi connectivity index (χ3n) is 3.43. The number of nitrogens with one attached hydrogen (secondary N) is 1. The molecular weight excluding hydrogens is 294 g/mol. The number of likely N-dealkylation sites (N-methyl/N-ethyl adjacent to an activating group) is 1. The van der Waals surface area contributed by atoms with Gasteiger partial charge in [-0.25, -0.2) is 0 Å². The summed E-state index contributed by atoms with van der Waals surface area (Å²) in [5.41, 5.74) is 1.18. The fourth-order valence-electron chi connectivity index (χ4n) is 2.48. The maximum Gasteiger partial charge on any atom is 0.0813 e. The Balaban J connectivity index is 2.25. The van der Waals surface area contributed by atoms with Crippen LogP contribution < -0.4 is 5.32 Å². The second kappa shape index (κ2) is 6.17. The zero-order valence-electron chi connectivity index (χ0n) is 11.3. The predicted molar refractivity (Wildman–Crippen MR) is 75.5 cm³/mol. The van der Waals surface area contributed by atoms with E-state index in [2.05, 4.69) is 40.2 Å². The number of ether oxygens (including phenoxy) is 1. The first kappa shape index (κ1) is 14.0. The van der Waals surface area contributed by atoms with E-state index in [1.54, 1.807) is 0 Å². The molecule has 1 aromatic heterocycles. The predicted octanol–water partition coefficient (Wildman–Crippen LogP) is 2.65. The smallest absolute Gasteiger partial charge is 0.0813 e. The molecule has 4 nitrogen and oxygen atoms in total. The molecule has 2 unspecified atom stereocenters. The summed E-state index contributed by atoms with van der Waals surface area (Å²) in [6.45, 7) is 5.89. The molecule has 0 aromatic carbocycles. The van der Waals surface area contributed by atoms with Crippen LogP contribution in [0, 0.1) is 5.92 Å². The Labute approximate surface area is 117 Å². The second-order valence-corrected chi connectivity index (χ2v) is 5.65. The fraction of sp³-hybridized carbons (Fsp3) is 0.769. The molecule has 1 fully saturated rings. The van der Waals surface area contributed by atoms with Gasteiger partial charge < -0.3 is 10.1 Å². The zero-order chi connectivity index (χ0) is 13.1. The summed E-state index contributed by atoms with van der Waals surface area (Å²) in [7, 11) is 1.99. The van der Waals surface area contributed by atoms with E-state index in [0.29, 0.717) is 5.92 Å². The highest BCUT2D eigenvalue weighted by molar-refractivity contribution is 9.10. The topological polar surface area (TPSA) is 39.1 Å². The molecule has 1 aliphatic rings. The molecule has 0 radical (unpaired) electrons. The second-order valence-electron chi connectivity index (χ2n) is 4.79. The van der Waals surface area contributed by atoms with E-state index >= 15 is 0 Å². The van der Waals surface area contributed by atoms with Gasteiger partial charge >= 0.3 is 0 Å². The fourth-order valence-corrected chi connectivity index (χ4v) is 3.07. The summed E-state index contributed by atoms with van der Waals surface area (Å²) >= 11 is 3.60. The Bertz CT molecular complexity index is 370. The van der Waals surface area contributed by atoms with Gasteiger partial charge in [0, 0.05) is 13.7 Å². The van der Waals surface area contributed by atoms with Crippen LogP contribution in [-0.4, -0.2) is 29.0 Å². The number of halogens is 1. The Hall–Kier alpha value is -0.390. The van der Waals surface area contributed by atoms with Gasteiger partial charge in [-0.3, -0.25) is 4.68 Å². The monoisotopic (exact) mass is 315 g/mol. The van der Waals surface area contributed by atoms with Crippen LogP contribution in [-0.2, 0) is 11.8 Å². The summed E-state index contributed by atoms with van der Waals surface area (Å²) in [5, 5.41) is 7.87. The van der Waals surface area contributed by atoms with Gasteiger partial charge in [-0.1, -0.05) is 6.92 Å². The zero-order valence-corrected chi connectivity index (χ0v) is 12.9. The largest absolute Gasteiger partial charge is 0.376 e. The van der Waals surface area contributed by atoms with Crippen LogP contribution in [0.25, 0.3) is 0 Å². The van der Waals surface area contributed by atoms with Crippen molar-refractivity contribution < 1.29 is 4.74 Å². The molecule has 102 valence electrons. The maximum atomic E-state index is 5.99. The minimum Gasteiger partial charge on any atom is -0.376 e. The maximum absolute atomic E-state index is 5.99. The minimum atomic E-state index is 0.212. The molecule has 0 saturated heterocycles. The van der Waals surface area contributed by atoms with Crippen molar-refractivity contribution in [2.45, 2.75) is 38.8 Å². The average Bonchev–Trinajstić information content (AvgIpc) is 3.12. The SMILES string of the molecule is CCNC(c1c(Br)cnn1C)C(OCC)C1CC1.